The molecule has 7 heteroatoms. The van der Waals surface area contributed by atoms with Gasteiger partial charge in [-0.05, 0) is 125 Å². The molecule has 2 aliphatic carbocycles. The van der Waals surface area contributed by atoms with E-state index in [9.17, 15) is 19.8 Å². The number of nitrogens with one attached hydrogen (secondary N) is 1. The molecule has 208 valence electrons. The molecule has 7 rings (SSSR count). The Morgan fingerprint density at radius 2 is 1.87 bits per heavy atom. The molecule has 4 fully saturated rings. The van der Waals surface area contributed by atoms with E-state index in [1.807, 2.05) is 23.1 Å². The number of amides is 1. The molecule has 0 spiro atoms. The number of piperidine rings is 2. The molecule has 0 unspecified atom stereocenters. The summed E-state index contributed by atoms with van der Waals surface area (Å²) in [7, 11) is 0. The van der Waals surface area contributed by atoms with Gasteiger partial charge in [-0.15, -0.1) is 0 Å². The van der Waals surface area contributed by atoms with E-state index in [0.29, 0.717) is 37.0 Å². The van der Waals surface area contributed by atoms with Crippen molar-refractivity contribution in [1.82, 2.24) is 14.8 Å². The van der Waals surface area contributed by atoms with Crippen LogP contribution in [0.5, 0.6) is 5.75 Å². The van der Waals surface area contributed by atoms with Crippen molar-refractivity contribution in [2.45, 2.75) is 101 Å². The number of aryl methyl sites for hydroxylation is 1. The number of phenols is 1. The van der Waals surface area contributed by atoms with E-state index in [1.165, 1.54) is 24.0 Å². The van der Waals surface area contributed by atoms with Crippen LogP contribution in [0.2, 0.25) is 0 Å². The van der Waals surface area contributed by atoms with Gasteiger partial charge < -0.3 is 25.0 Å². The minimum atomic E-state index is -0.353. The maximum Gasteiger partial charge on any atom is 0.261 e. The molecule has 2 bridgehead atoms. The number of aliphatic hydroxyl groups is 1. The van der Waals surface area contributed by atoms with E-state index in [4.69, 9.17) is 0 Å². The Morgan fingerprint density at radius 3 is 2.59 bits per heavy atom. The molecule has 1 amide bonds. The second-order valence-electron chi connectivity index (χ2n) is 13.3. The number of aromatic amines is 1. The van der Waals surface area contributed by atoms with Crippen LogP contribution in [0.4, 0.5) is 0 Å². The number of rotatable bonds is 4. The molecule has 5 aliphatic rings. The summed E-state index contributed by atoms with van der Waals surface area (Å²) in [5.41, 5.74) is 4.18. The first-order chi connectivity index (χ1) is 18.7. The number of aromatic nitrogens is 1. The predicted octanol–water partition coefficient (Wildman–Crippen LogP) is 3.67. The fourth-order valence-corrected chi connectivity index (χ4v) is 8.78. The topological polar surface area (TPSA) is 96.9 Å². The van der Waals surface area contributed by atoms with Gasteiger partial charge in [0.25, 0.3) is 11.5 Å². The Hall–Kier alpha value is -2.64. The lowest BCUT2D eigenvalue weighted by molar-refractivity contribution is 0.0243. The van der Waals surface area contributed by atoms with Crippen molar-refractivity contribution in [1.29, 1.82) is 0 Å². The van der Waals surface area contributed by atoms with Gasteiger partial charge in [0.1, 0.15) is 11.3 Å². The Kier molecular flexibility index (Phi) is 5.98. The molecule has 3 aliphatic heterocycles. The lowest BCUT2D eigenvalue weighted by atomic mass is 9.55. The number of nitrogens with zero attached hydrogens (tertiary/aromatic N) is 2. The Morgan fingerprint density at radius 1 is 1.13 bits per heavy atom. The van der Waals surface area contributed by atoms with Crippen LogP contribution in [0.1, 0.15) is 84.6 Å². The number of fused-ring (bicyclic) bond motifs is 4. The lowest BCUT2D eigenvalue weighted by Gasteiger charge is -2.55. The van der Waals surface area contributed by atoms with E-state index >= 15 is 0 Å². The standard InChI is InChI=1S/C32H41N3O4/c1-18-3-8-24(36)15-27(18)32-9-10-34(17-20-4-5-20)19(2)28(32)12-21-11-26(30(38)33-29(21)16-32)31(39)35-22-6-7-23(35)14-25(37)13-22/h3,8,11,15,19-20,22-23,25,28,36-37H,4-7,9-10,12-14,16-17H2,1-2H3,(H,33,38)/t19-,22-,23+,25+,28+,32-/m1/s1. The highest BCUT2D eigenvalue weighted by Gasteiger charge is 2.52. The van der Waals surface area contributed by atoms with Crippen LogP contribution >= 0.6 is 0 Å². The molecule has 1 saturated carbocycles. The summed E-state index contributed by atoms with van der Waals surface area (Å²) in [6.07, 6.45) is 7.82. The average molecular weight is 532 g/mol. The van der Waals surface area contributed by atoms with Crippen molar-refractivity contribution in [2.24, 2.45) is 11.8 Å². The van der Waals surface area contributed by atoms with Gasteiger partial charge in [-0.2, -0.15) is 0 Å². The van der Waals surface area contributed by atoms with Gasteiger partial charge >= 0.3 is 0 Å². The number of pyridine rings is 1. The molecule has 3 saturated heterocycles. The summed E-state index contributed by atoms with van der Waals surface area (Å²) in [6.45, 7) is 6.66. The number of phenolic OH excluding ortho intramolecular Hbond substituents is 1. The normalized spacial score (nSPS) is 34.0. The fourth-order valence-electron chi connectivity index (χ4n) is 8.78. The minimum absolute atomic E-state index is 0.0254. The highest BCUT2D eigenvalue weighted by molar-refractivity contribution is 5.95. The number of carbonyl (C=O) groups excluding carboxylic acids is 1. The lowest BCUT2D eigenvalue weighted by Crippen LogP contribution is -2.59. The van der Waals surface area contributed by atoms with Gasteiger partial charge in [0.2, 0.25) is 0 Å². The van der Waals surface area contributed by atoms with Gasteiger partial charge in [-0.3, -0.25) is 9.59 Å². The predicted molar refractivity (Wildman–Crippen MR) is 149 cm³/mol. The minimum Gasteiger partial charge on any atom is -0.508 e. The number of likely N-dealkylation sites (tertiary alicyclic amines) is 1. The van der Waals surface area contributed by atoms with Crippen molar-refractivity contribution >= 4 is 5.91 Å². The van der Waals surface area contributed by atoms with Crippen LogP contribution in [-0.4, -0.2) is 68.2 Å². The van der Waals surface area contributed by atoms with Gasteiger partial charge in [-0.1, -0.05) is 6.07 Å². The number of aromatic hydroxyl groups is 1. The van der Waals surface area contributed by atoms with Crippen LogP contribution in [0.3, 0.4) is 0 Å². The van der Waals surface area contributed by atoms with E-state index in [0.717, 1.165) is 55.9 Å². The molecule has 7 nitrogen and oxygen atoms in total. The summed E-state index contributed by atoms with van der Waals surface area (Å²) >= 11 is 0. The number of hydrogen-bond acceptors (Lipinski definition) is 5. The first-order valence-corrected chi connectivity index (χ1v) is 15.0. The number of aliphatic hydroxyl groups excluding tert-OH is 1. The molecule has 6 atom stereocenters. The van der Waals surface area contributed by atoms with Crippen molar-refractivity contribution in [3.8, 4) is 5.75 Å². The molecule has 39 heavy (non-hydrogen) atoms. The average Bonchev–Trinajstić information content (AvgIpc) is 3.68. The number of H-pyrrole nitrogens is 1. The van der Waals surface area contributed by atoms with Crippen molar-refractivity contribution in [3.05, 3.63) is 62.6 Å². The van der Waals surface area contributed by atoms with Gasteiger partial charge in [0, 0.05) is 35.8 Å². The monoisotopic (exact) mass is 531 g/mol. The summed E-state index contributed by atoms with van der Waals surface area (Å²) < 4.78 is 0. The SMILES string of the molecule is Cc1ccc(O)cc1[C@]12CCN(CC3CC3)[C@H](C)[C@@H]1Cc1cc(C(=O)N3[C@@H]4CC[C@H]3C[C@@H](O)C4)c(=O)[nH]c1C2. The number of benzene rings is 1. The first kappa shape index (κ1) is 25.3. The summed E-state index contributed by atoms with van der Waals surface area (Å²) in [4.78, 5) is 34.9. The third-order valence-corrected chi connectivity index (χ3v) is 11.0. The van der Waals surface area contributed by atoms with Gasteiger partial charge in [-0.25, -0.2) is 0 Å². The second-order valence-corrected chi connectivity index (χ2v) is 13.3. The molecule has 1 aromatic carbocycles. The quantitative estimate of drug-likeness (QED) is 0.560. The van der Waals surface area contributed by atoms with Crippen molar-refractivity contribution in [3.63, 3.8) is 0 Å². The van der Waals surface area contributed by atoms with Gasteiger partial charge in [0.15, 0.2) is 0 Å². The third-order valence-electron chi connectivity index (χ3n) is 11.0. The van der Waals surface area contributed by atoms with Crippen LogP contribution in [-0.2, 0) is 18.3 Å². The zero-order valence-electron chi connectivity index (χ0n) is 23.2. The zero-order chi connectivity index (χ0) is 27.1. The smallest absolute Gasteiger partial charge is 0.261 e. The first-order valence-electron chi connectivity index (χ1n) is 15.0. The molecular formula is C32H41N3O4. The Labute approximate surface area is 230 Å². The Balaban J connectivity index is 1.27. The summed E-state index contributed by atoms with van der Waals surface area (Å²) in [6, 6.07) is 8.04. The maximum absolute atomic E-state index is 13.8. The highest BCUT2D eigenvalue weighted by atomic mass is 16.3. The van der Waals surface area contributed by atoms with Crippen molar-refractivity contribution < 1.29 is 15.0 Å². The highest BCUT2D eigenvalue weighted by Crippen LogP contribution is 2.51. The van der Waals surface area contributed by atoms with Crippen LogP contribution in [0.15, 0.2) is 29.1 Å². The van der Waals surface area contributed by atoms with Crippen molar-refractivity contribution in [2.75, 3.05) is 13.1 Å². The van der Waals surface area contributed by atoms with E-state index in [-0.39, 0.29) is 40.6 Å². The van der Waals surface area contributed by atoms with Gasteiger partial charge in [0.05, 0.1) is 6.10 Å². The molecule has 1 aromatic heterocycles. The molecule has 0 radical (unpaired) electrons. The van der Waals surface area contributed by atoms with Crippen LogP contribution in [0.25, 0.3) is 0 Å². The molecular weight excluding hydrogens is 490 g/mol. The molecule has 2 aromatic rings. The van der Waals surface area contributed by atoms with E-state index in [1.54, 1.807) is 6.07 Å². The number of carbonyl (C=O) groups is 1. The largest absolute Gasteiger partial charge is 0.508 e. The number of hydrogen-bond donors (Lipinski definition) is 3. The fraction of sp³-hybridized carbons (Fsp3) is 0.625. The summed E-state index contributed by atoms with van der Waals surface area (Å²) in [5, 5.41) is 20.7. The molecule has 4 heterocycles. The van der Waals surface area contributed by atoms with E-state index in [2.05, 4.69) is 23.7 Å². The van der Waals surface area contributed by atoms with Crippen LogP contribution < -0.4 is 5.56 Å². The van der Waals surface area contributed by atoms with E-state index < -0.39 is 0 Å². The molecule has 3 N–H and O–H groups in total. The third kappa shape index (κ3) is 4.15. The Bertz CT molecular complexity index is 1350. The summed E-state index contributed by atoms with van der Waals surface area (Å²) in [5.74, 6) is 1.25. The zero-order valence-corrected chi connectivity index (χ0v) is 23.2. The van der Waals surface area contributed by atoms with Crippen LogP contribution in [0, 0.1) is 18.8 Å². The maximum atomic E-state index is 13.8. The second kappa shape index (κ2) is 9.20.